The first kappa shape index (κ1) is 12.6. The standard InChI is InChI=1S/C15H17NO2/c1-2-3-4-5-10-6-7-11-12(8-10)14(17)9-13(16)15(11)18/h6-9H,2-5,16H2,1H3. The van der Waals surface area contributed by atoms with E-state index in [1.807, 2.05) is 12.1 Å². The molecule has 0 saturated heterocycles. The summed E-state index contributed by atoms with van der Waals surface area (Å²) in [6.45, 7) is 2.16. The topological polar surface area (TPSA) is 60.2 Å². The zero-order chi connectivity index (χ0) is 13.1. The highest BCUT2D eigenvalue weighted by Gasteiger charge is 2.23. The van der Waals surface area contributed by atoms with Crippen LogP contribution >= 0.6 is 0 Å². The third kappa shape index (κ3) is 2.35. The Morgan fingerprint density at radius 2 is 1.89 bits per heavy atom. The van der Waals surface area contributed by atoms with Gasteiger partial charge in [0.15, 0.2) is 5.78 Å². The van der Waals surface area contributed by atoms with E-state index in [4.69, 9.17) is 5.73 Å². The lowest BCUT2D eigenvalue weighted by atomic mass is 9.90. The van der Waals surface area contributed by atoms with E-state index in [9.17, 15) is 9.59 Å². The average molecular weight is 243 g/mol. The predicted octanol–water partition coefficient (Wildman–Crippen LogP) is 2.64. The Labute approximate surface area is 107 Å². The van der Waals surface area contributed by atoms with Gasteiger partial charge in [-0.25, -0.2) is 0 Å². The van der Waals surface area contributed by atoms with Crippen LogP contribution in [0.25, 0.3) is 0 Å². The fraction of sp³-hybridized carbons (Fsp3) is 0.333. The van der Waals surface area contributed by atoms with Crippen LogP contribution in [0.2, 0.25) is 0 Å². The van der Waals surface area contributed by atoms with Gasteiger partial charge in [0.1, 0.15) is 0 Å². The van der Waals surface area contributed by atoms with Crippen molar-refractivity contribution in [2.24, 2.45) is 5.73 Å². The van der Waals surface area contributed by atoms with Crippen molar-refractivity contribution in [3.8, 4) is 0 Å². The molecule has 0 atom stereocenters. The summed E-state index contributed by atoms with van der Waals surface area (Å²) in [7, 11) is 0. The van der Waals surface area contributed by atoms with Crippen LogP contribution in [0, 0.1) is 0 Å². The molecule has 0 amide bonds. The van der Waals surface area contributed by atoms with Gasteiger partial charge in [-0.15, -0.1) is 0 Å². The number of hydrogen-bond acceptors (Lipinski definition) is 3. The minimum atomic E-state index is -0.246. The summed E-state index contributed by atoms with van der Waals surface area (Å²) < 4.78 is 0. The van der Waals surface area contributed by atoms with E-state index in [2.05, 4.69) is 6.92 Å². The van der Waals surface area contributed by atoms with Gasteiger partial charge in [-0.05, 0) is 30.5 Å². The zero-order valence-corrected chi connectivity index (χ0v) is 10.5. The van der Waals surface area contributed by atoms with Crippen LogP contribution in [0.5, 0.6) is 0 Å². The first-order valence-corrected chi connectivity index (χ1v) is 6.32. The molecule has 0 saturated carbocycles. The molecule has 0 aromatic heterocycles. The maximum atomic E-state index is 11.8. The summed E-state index contributed by atoms with van der Waals surface area (Å²) in [5, 5.41) is 0. The van der Waals surface area contributed by atoms with Crippen molar-refractivity contribution < 1.29 is 9.59 Å². The van der Waals surface area contributed by atoms with Gasteiger partial charge in [-0.1, -0.05) is 25.8 Å². The molecule has 3 nitrogen and oxygen atoms in total. The maximum absolute atomic E-state index is 11.8. The van der Waals surface area contributed by atoms with Crippen molar-refractivity contribution in [3.05, 3.63) is 46.7 Å². The SMILES string of the molecule is CCCCCc1ccc2c(c1)C(=O)C=C(N)C2=O. The number of rotatable bonds is 4. The van der Waals surface area contributed by atoms with Crippen LogP contribution in [-0.2, 0) is 6.42 Å². The molecule has 2 rings (SSSR count). The van der Waals surface area contributed by atoms with Crippen LogP contribution < -0.4 is 5.73 Å². The summed E-state index contributed by atoms with van der Waals surface area (Å²) >= 11 is 0. The highest BCUT2D eigenvalue weighted by molar-refractivity contribution is 6.24. The molecule has 0 heterocycles. The second-order valence-corrected chi connectivity index (χ2v) is 4.63. The molecule has 0 bridgehead atoms. The van der Waals surface area contributed by atoms with E-state index in [1.165, 1.54) is 18.9 Å². The van der Waals surface area contributed by atoms with Crippen LogP contribution in [0.15, 0.2) is 30.0 Å². The Bertz CT molecular complexity index is 529. The summed E-state index contributed by atoms with van der Waals surface area (Å²) in [6.07, 6.45) is 5.62. The molecule has 18 heavy (non-hydrogen) atoms. The number of ketones is 2. The minimum absolute atomic E-state index is 0.0335. The molecule has 0 radical (unpaired) electrons. The van der Waals surface area contributed by atoms with Gasteiger partial charge >= 0.3 is 0 Å². The van der Waals surface area contributed by atoms with Crippen molar-refractivity contribution >= 4 is 11.6 Å². The average Bonchev–Trinajstić information content (AvgIpc) is 2.36. The van der Waals surface area contributed by atoms with Gasteiger partial charge in [0.25, 0.3) is 0 Å². The van der Waals surface area contributed by atoms with Crippen molar-refractivity contribution in [3.63, 3.8) is 0 Å². The van der Waals surface area contributed by atoms with Gasteiger partial charge in [-0.2, -0.15) is 0 Å². The molecular formula is C15H17NO2. The molecule has 1 aromatic carbocycles. The molecule has 0 spiro atoms. The largest absolute Gasteiger partial charge is 0.395 e. The van der Waals surface area contributed by atoms with Gasteiger partial charge < -0.3 is 5.73 Å². The fourth-order valence-corrected chi connectivity index (χ4v) is 2.17. The van der Waals surface area contributed by atoms with E-state index in [-0.39, 0.29) is 17.3 Å². The smallest absolute Gasteiger partial charge is 0.209 e. The van der Waals surface area contributed by atoms with E-state index >= 15 is 0 Å². The highest BCUT2D eigenvalue weighted by Crippen LogP contribution is 2.21. The number of carbonyl (C=O) groups is 2. The number of aryl methyl sites for hydroxylation is 1. The molecule has 0 unspecified atom stereocenters. The molecule has 94 valence electrons. The molecule has 1 aromatic rings. The normalized spacial score (nSPS) is 14.4. The molecule has 0 aliphatic heterocycles. The number of hydrogen-bond donors (Lipinski definition) is 1. The number of Topliss-reactive ketones (excluding diaryl/α,β-unsaturated/α-hetero) is 1. The zero-order valence-electron chi connectivity index (χ0n) is 10.5. The number of unbranched alkanes of at least 4 members (excludes halogenated alkanes) is 2. The molecular weight excluding hydrogens is 226 g/mol. The second-order valence-electron chi connectivity index (χ2n) is 4.63. The third-order valence-corrected chi connectivity index (χ3v) is 3.21. The van der Waals surface area contributed by atoms with Crippen LogP contribution in [-0.4, -0.2) is 11.6 Å². The lowest BCUT2D eigenvalue weighted by Gasteiger charge is -2.13. The monoisotopic (exact) mass is 243 g/mol. The Kier molecular flexibility index (Phi) is 3.60. The number of fused-ring (bicyclic) bond motifs is 1. The molecule has 1 aliphatic carbocycles. The second kappa shape index (κ2) is 5.17. The van der Waals surface area contributed by atoms with Crippen molar-refractivity contribution in [2.45, 2.75) is 32.6 Å². The minimum Gasteiger partial charge on any atom is -0.395 e. The molecule has 1 aliphatic rings. The first-order chi connectivity index (χ1) is 8.63. The highest BCUT2D eigenvalue weighted by atomic mass is 16.1. The van der Waals surface area contributed by atoms with E-state index in [0.717, 1.165) is 18.4 Å². The van der Waals surface area contributed by atoms with Gasteiger partial charge in [0, 0.05) is 17.2 Å². The van der Waals surface area contributed by atoms with Crippen LogP contribution in [0.3, 0.4) is 0 Å². The first-order valence-electron chi connectivity index (χ1n) is 6.32. The molecule has 0 fully saturated rings. The number of allylic oxidation sites excluding steroid dienone is 2. The van der Waals surface area contributed by atoms with Gasteiger partial charge in [-0.3, -0.25) is 9.59 Å². The summed E-state index contributed by atoms with van der Waals surface area (Å²) in [4.78, 5) is 23.6. The Morgan fingerprint density at radius 1 is 1.11 bits per heavy atom. The van der Waals surface area contributed by atoms with Crippen molar-refractivity contribution in [2.75, 3.05) is 0 Å². The molecule has 3 heteroatoms. The lowest BCUT2D eigenvalue weighted by Crippen LogP contribution is -2.21. The van der Waals surface area contributed by atoms with E-state index in [0.29, 0.717) is 11.1 Å². The van der Waals surface area contributed by atoms with Crippen LogP contribution in [0.4, 0.5) is 0 Å². The number of benzene rings is 1. The summed E-state index contributed by atoms with van der Waals surface area (Å²) in [5.74, 6) is -0.413. The number of carbonyl (C=O) groups excluding carboxylic acids is 2. The number of nitrogens with two attached hydrogens (primary N) is 1. The third-order valence-electron chi connectivity index (χ3n) is 3.21. The Morgan fingerprint density at radius 3 is 2.61 bits per heavy atom. The van der Waals surface area contributed by atoms with Crippen molar-refractivity contribution in [1.82, 2.24) is 0 Å². The van der Waals surface area contributed by atoms with Gasteiger partial charge in [0.2, 0.25) is 5.78 Å². The quantitative estimate of drug-likeness (QED) is 0.827. The lowest BCUT2D eigenvalue weighted by molar-refractivity contribution is 0.0983. The van der Waals surface area contributed by atoms with Crippen molar-refractivity contribution in [1.29, 1.82) is 0 Å². The van der Waals surface area contributed by atoms with E-state index in [1.54, 1.807) is 6.07 Å². The van der Waals surface area contributed by atoms with Crippen LogP contribution in [0.1, 0.15) is 52.5 Å². The summed E-state index contributed by atoms with van der Waals surface area (Å²) in [6, 6.07) is 5.46. The maximum Gasteiger partial charge on any atom is 0.209 e. The Hall–Kier alpha value is -1.90. The Balaban J connectivity index is 2.26. The van der Waals surface area contributed by atoms with E-state index < -0.39 is 0 Å². The fourth-order valence-electron chi connectivity index (χ4n) is 2.17. The summed E-state index contributed by atoms with van der Waals surface area (Å²) in [5.41, 5.74) is 7.57. The predicted molar refractivity (Wildman–Crippen MR) is 70.6 cm³/mol. The van der Waals surface area contributed by atoms with Gasteiger partial charge in [0.05, 0.1) is 5.70 Å². The molecule has 2 N–H and O–H groups in total.